The zero-order chi connectivity index (χ0) is 23.3. The first-order valence-corrected chi connectivity index (χ1v) is 10.9. The smallest absolute Gasteiger partial charge is 0.254 e. The van der Waals surface area contributed by atoms with E-state index in [2.05, 4.69) is 20.5 Å². The van der Waals surface area contributed by atoms with Crippen LogP contribution in [-0.2, 0) is 5.54 Å². The minimum atomic E-state index is -0.620. The number of benzene rings is 2. The Labute approximate surface area is 205 Å². The standard InChI is InChI=1S/C26H19F2N5O.ClH/c27-20-5-3-19(4-6-20)26(9-10-26)32-25(34)21-7-1-16(11-22(21)28)23-14-29-24-8-2-17(15-33(23)24)18-12-30-31-13-18;/h1-8,11-15H,9-10H2,(H,30,31)(H,32,34);1H. The second-order valence-corrected chi connectivity index (χ2v) is 8.51. The number of rotatable bonds is 5. The molecule has 176 valence electrons. The van der Waals surface area contributed by atoms with E-state index >= 15 is 4.39 Å². The largest absolute Gasteiger partial charge is 0.342 e. The van der Waals surface area contributed by atoms with Crippen molar-refractivity contribution in [2.75, 3.05) is 0 Å². The van der Waals surface area contributed by atoms with Gasteiger partial charge in [-0.05, 0) is 54.8 Å². The van der Waals surface area contributed by atoms with Gasteiger partial charge in [0.1, 0.15) is 17.3 Å². The van der Waals surface area contributed by atoms with E-state index in [4.69, 9.17) is 0 Å². The van der Waals surface area contributed by atoms with Gasteiger partial charge >= 0.3 is 0 Å². The average molecular weight is 492 g/mol. The minimum absolute atomic E-state index is 0. The third kappa shape index (κ3) is 4.06. The molecule has 2 aromatic carbocycles. The Hall–Kier alpha value is -4.04. The predicted molar refractivity (Wildman–Crippen MR) is 130 cm³/mol. The lowest BCUT2D eigenvalue weighted by Crippen LogP contribution is -2.35. The monoisotopic (exact) mass is 491 g/mol. The van der Waals surface area contributed by atoms with Crippen LogP contribution in [0.25, 0.3) is 28.0 Å². The van der Waals surface area contributed by atoms with Gasteiger partial charge in [-0.25, -0.2) is 13.8 Å². The highest BCUT2D eigenvalue weighted by molar-refractivity contribution is 5.96. The van der Waals surface area contributed by atoms with Crippen LogP contribution >= 0.6 is 12.4 Å². The SMILES string of the molecule is Cl.O=C(NC1(c2ccc(F)cc2)CC1)c1ccc(-c2cnc3ccc(-c4cn[nH]c4)cn23)cc1F. The van der Waals surface area contributed by atoms with Crippen LogP contribution in [0.15, 0.2) is 79.4 Å². The molecule has 0 atom stereocenters. The van der Waals surface area contributed by atoms with Crippen molar-refractivity contribution in [1.82, 2.24) is 24.9 Å². The maximum absolute atomic E-state index is 15.1. The zero-order valence-corrected chi connectivity index (χ0v) is 19.2. The van der Waals surface area contributed by atoms with Gasteiger partial charge in [-0.15, -0.1) is 12.4 Å². The van der Waals surface area contributed by atoms with Gasteiger partial charge < -0.3 is 5.32 Å². The van der Waals surface area contributed by atoms with Crippen molar-refractivity contribution in [3.63, 3.8) is 0 Å². The number of hydrogen-bond donors (Lipinski definition) is 2. The van der Waals surface area contributed by atoms with E-state index in [0.717, 1.165) is 35.2 Å². The highest BCUT2D eigenvalue weighted by atomic mass is 35.5. The van der Waals surface area contributed by atoms with E-state index in [0.29, 0.717) is 11.3 Å². The van der Waals surface area contributed by atoms with Gasteiger partial charge in [0.15, 0.2) is 0 Å². The van der Waals surface area contributed by atoms with Crippen LogP contribution in [0.1, 0.15) is 28.8 Å². The molecule has 1 fully saturated rings. The van der Waals surface area contributed by atoms with E-state index < -0.39 is 17.3 Å². The number of aromatic nitrogens is 4. The normalized spacial score (nSPS) is 13.9. The summed E-state index contributed by atoms with van der Waals surface area (Å²) < 4.78 is 30.2. The molecule has 1 saturated carbocycles. The van der Waals surface area contributed by atoms with Crippen LogP contribution in [-0.4, -0.2) is 25.5 Å². The molecule has 35 heavy (non-hydrogen) atoms. The number of carbonyl (C=O) groups is 1. The zero-order valence-electron chi connectivity index (χ0n) is 18.3. The predicted octanol–water partition coefficient (Wildman–Crippen LogP) is 5.51. The molecule has 0 bridgehead atoms. The number of aromatic amines is 1. The summed E-state index contributed by atoms with van der Waals surface area (Å²) in [6, 6.07) is 14.4. The number of pyridine rings is 1. The molecule has 1 amide bonds. The van der Waals surface area contributed by atoms with Crippen molar-refractivity contribution >= 4 is 24.0 Å². The Balaban J connectivity index is 0.00000253. The highest BCUT2D eigenvalue weighted by Crippen LogP contribution is 2.45. The van der Waals surface area contributed by atoms with E-state index in [-0.39, 0.29) is 23.8 Å². The number of nitrogens with one attached hydrogen (secondary N) is 2. The first-order valence-electron chi connectivity index (χ1n) is 10.9. The lowest BCUT2D eigenvalue weighted by atomic mass is 10.0. The van der Waals surface area contributed by atoms with Gasteiger partial charge in [0.2, 0.25) is 0 Å². The molecular formula is C26H20ClF2N5O. The quantitative estimate of drug-likeness (QED) is 0.340. The van der Waals surface area contributed by atoms with Gasteiger partial charge in [-0.1, -0.05) is 18.2 Å². The fourth-order valence-electron chi connectivity index (χ4n) is 4.30. The molecule has 1 aliphatic carbocycles. The summed E-state index contributed by atoms with van der Waals surface area (Å²) in [7, 11) is 0. The Morgan fingerprint density at radius 1 is 0.971 bits per heavy atom. The van der Waals surface area contributed by atoms with Gasteiger partial charge in [0.05, 0.1) is 29.2 Å². The first kappa shape index (κ1) is 22.7. The Morgan fingerprint density at radius 3 is 2.43 bits per heavy atom. The molecular weight excluding hydrogens is 472 g/mol. The molecule has 1 aliphatic rings. The Bertz CT molecular complexity index is 1530. The van der Waals surface area contributed by atoms with E-state index in [1.165, 1.54) is 24.3 Å². The molecule has 0 saturated heterocycles. The Morgan fingerprint density at radius 2 is 1.74 bits per heavy atom. The van der Waals surface area contributed by atoms with Crippen LogP contribution in [0, 0.1) is 11.6 Å². The van der Waals surface area contributed by atoms with Crippen LogP contribution in [0.2, 0.25) is 0 Å². The molecule has 2 N–H and O–H groups in total. The number of amides is 1. The lowest BCUT2D eigenvalue weighted by molar-refractivity contribution is 0.0926. The fraction of sp³-hybridized carbons (Fsp3) is 0.115. The number of imidazole rings is 1. The summed E-state index contributed by atoms with van der Waals surface area (Å²) in [6.07, 6.45) is 8.57. The summed E-state index contributed by atoms with van der Waals surface area (Å²) in [6.45, 7) is 0. The third-order valence-electron chi connectivity index (χ3n) is 6.35. The topological polar surface area (TPSA) is 75.1 Å². The van der Waals surface area contributed by atoms with E-state index in [1.54, 1.807) is 36.8 Å². The van der Waals surface area contributed by atoms with E-state index in [1.807, 2.05) is 22.7 Å². The number of halogens is 3. The number of nitrogens with zero attached hydrogens (tertiary/aromatic N) is 3. The lowest BCUT2D eigenvalue weighted by Gasteiger charge is -2.18. The molecule has 0 spiro atoms. The summed E-state index contributed by atoms with van der Waals surface area (Å²) in [5.41, 5.74) is 4.10. The minimum Gasteiger partial charge on any atom is -0.342 e. The summed E-state index contributed by atoms with van der Waals surface area (Å²) in [4.78, 5) is 17.3. The highest BCUT2D eigenvalue weighted by Gasteiger charge is 2.46. The molecule has 5 aromatic rings. The van der Waals surface area contributed by atoms with Crippen molar-refractivity contribution in [2.24, 2.45) is 0 Å². The molecule has 3 aromatic heterocycles. The fourth-order valence-corrected chi connectivity index (χ4v) is 4.30. The molecule has 9 heteroatoms. The van der Waals surface area contributed by atoms with Crippen LogP contribution in [0.5, 0.6) is 0 Å². The molecule has 0 unspecified atom stereocenters. The number of H-pyrrole nitrogens is 1. The number of fused-ring (bicyclic) bond motifs is 1. The maximum Gasteiger partial charge on any atom is 0.254 e. The second-order valence-electron chi connectivity index (χ2n) is 8.51. The van der Waals surface area contributed by atoms with Crippen LogP contribution < -0.4 is 5.32 Å². The molecule has 6 rings (SSSR count). The van der Waals surface area contributed by atoms with E-state index in [9.17, 15) is 9.18 Å². The first-order chi connectivity index (χ1) is 16.5. The van der Waals surface area contributed by atoms with Gasteiger partial charge in [-0.2, -0.15) is 5.10 Å². The Kier molecular flexibility index (Phi) is 5.61. The van der Waals surface area contributed by atoms with Gasteiger partial charge in [0, 0.05) is 29.1 Å². The summed E-state index contributed by atoms with van der Waals surface area (Å²) in [5.74, 6) is -1.45. The average Bonchev–Trinajstić information content (AvgIpc) is 3.23. The molecule has 3 heterocycles. The molecule has 0 radical (unpaired) electrons. The van der Waals surface area contributed by atoms with Crippen molar-refractivity contribution in [3.8, 4) is 22.4 Å². The second kappa shape index (κ2) is 8.63. The van der Waals surface area contributed by atoms with Crippen molar-refractivity contribution in [1.29, 1.82) is 0 Å². The van der Waals surface area contributed by atoms with Crippen molar-refractivity contribution in [3.05, 3.63) is 102 Å². The molecule has 6 nitrogen and oxygen atoms in total. The van der Waals surface area contributed by atoms with Gasteiger partial charge in [-0.3, -0.25) is 14.3 Å². The number of hydrogen-bond acceptors (Lipinski definition) is 3. The summed E-state index contributed by atoms with van der Waals surface area (Å²) >= 11 is 0. The van der Waals surface area contributed by atoms with Crippen LogP contribution in [0.4, 0.5) is 8.78 Å². The van der Waals surface area contributed by atoms with Crippen molar-refractivity contribution < 1.29 is 13.6 Å². The number of carbonyl (C=O) groups excluding carboxylic acids is 1. The molecule has 0 aliphatic heterocycles. The summed E-state index contributed by atoms with van der Waals surface area (Å²) in [5, 5.41) is 9.72. The third-order valence-corrected chi connectivity index (χ3v) is 6.35. The van der Waals surface area contributed by atoms with Crippen molar-refractivity contribution in [2.45, 2.75) is 18.4 Å². The van der Waals surface area contributed by atoms with Gasteiger partial charge in [0.25, 0.3) is 5.91 Å². The van der Waals surface area contributed by atoms with Crippen LogP contribution in [0.3, 0.4) is 0 Å². The maximum atomic E-state index is 15.1.